The van der Waals surface area contributed by atoms with Crippen LogP contribution < -0.4 is 4.90 Å². The van der Waals surface area contributed by atoms with Crippen molar-refractivity contribution in [3.8, 4) is 0 Å². The minimum atomic E-state index is -0.198. The Hall–Kier alpha value is -3.19. The van der Waals surface area contributed by atoms with Crippen molar-refractivity contribution >= 4 is 34.8 Å². The van der Waals surface area contributed by atoms with Crippen molar-refractivity contribution < 1.29 is 19.1 Å². The number of rotatable bonds is 10. The molecule has 0 N–H and O–H groups in total. The van der Waals surface area contributed by atoms with E-state index in [1.807, 2.05) is 12.1 Å². The summed E-state index contributed by atoms with van der Waals surface area (Å²) in [5.74, 6) is -0.396. The van der Waals surface area contributed by atoms with Gasteiger partial charge in [-0.05, 0) is 72.7 Å². The van der Waals surface area contributed by atoms with E-state index in [9.17, 15) is 9.59 Å². The number of methoxy groups -OCH3 is 1. The molecule has 0 unspecified atom stereocenters. The lowest BCUT2D eigenvalue weighted by Crippen LogP contribution is -2.31. The lowest BCUT2D eigenvalue weighted by molar-refractivity contribution is 0.0614. The first kappa shape index (κ1) is 25.5. The van der Waals surface area contributed by atoms with E-state index in [2.05, 4.69) is 29.2 Å². The van der Waals surface area contributed by atoms with E-state index in [1.54, 1.807) is 31.4 Å². The summed E-state index contributed by atoms with van der Waals surface area (Å²) in [6.07, 6.45) is 3.36. The van der Waals surface area contributed by atoms with Crippen LogP contribution in [0.2, 0.25) is 5.02 Å². The van der Waals surface area contributed by atoms with Gasteiger partial charge in [0.05, 0.1) is 30.9 Å². The summed E-state index contributed by atoms with van der Waals surface area (Å²) in [6.45, 7) is 2.81. The van der Waals surface area contributed by atoms with Crippen LogP contribution in [0.4, 0.5) is 11.4 Å². The van der Waals surface area contributed by atoms with Crippen molar-refractivity contribution in [3.05, 3.63) is 93.5 Å². The second kappa shape index (κ2) is 11.5. The number of hydrogen-bond acceptors (Lipinski definition) is 5. The van der Waals surface area contributed by atoms with Crippen molar-refractivity contribution in [2.45, 2.75) is 32.3 Å². The fourth-order valence-electron chi connectivity index (χ4n) is 5.23. The normalized spacial score (nSPS) is 14.4. The number of benzene rings is 3. The summed E-state index contributed by atoms with van der Waals surface area (Å²) in [7, 11) is 1.67. The van der Waals surface area contributed by atoms with E-state index in [1.165, 1.54) is 21.6 Å². The first-order chi connectivity index (χ1) is 18.1. The van der Waals surface area contributed by atoms with Crippen LogP contribution in [0.3, 0.4) is 0 Å². The number of amides is 2. The molecule has 37 heavy (non-hydrogen) atoms. The predicted octanol–water partition coefficient (Wildman–Crippen LogP) is 5.82. The number of fused-ring (bicyclic) bond motifs is 3. The zero-order valence-electron chi connectivity index (χ0n) is 21.0. The number of anilines is 2. The first-order valence-corrected chi connectivity index (χ1v) is 13.1. The molecule has 192 valence electrons. The van der Waals surface area contributed by atoms with E-state index >= 15 is 0 Å². The smallest absolute Gasteiger partial charge is 0.261 e. The van der Waals surface area contributed by atoms with Crippen molar-refractivity contribution in [2.75, 3.05) is 38.3 Å². The SMILES string of the molecule is COCCOCc1cccc2c1CCc1ccc(Cl)cc1N2CCCCN1C(=O)c2ccccc2C1=O. The maximum absolute atomic E-state index is 12.7. The van der Waals surface area contributed by atoms with Crippen LogP contribution in [0, 0.1) is 0 Å². The number of carbonyl (C=O) groups excluding carboxylic acids is 2. The Bertz CT molecular complexity index is 1270. The Labute approximate surface area is 222 Å². The molecular formula is C30H31ClN2O4. The average Bonchev–Trinajstić information content (AvgIpc) is 3.05. The summed E-state index contributed by atoms with van der Waals surface area (Å²) in [4.78, 5) is 29.2. The molecule has 0 radical (unpaired) electrons. The van der Waals surface area contributed by atoms with Crippen LogP contribution in [0.15, 0.2) is 60.7 Å². The van der Waals surface area contributed by atoms with Gasteiger partial charge in [0.2, 0.25) is 0 Å². The van der Waals surface area contributed by atoms with Gasteiger partial charge in [-0.2, -0.15) is 0 Å². The topological polar surface area (TPSA) is 59.1 Å². The molecule has 2 heterocycles. The van der Waals surface area contributed by atoms with E-state index < -0.39 is 0 Å². The number of hydrogen-bond donors (Lipinski definition) is 0. The monoisotopic (exact) mass is 518 g/mol. The van der Waals surface area contributed by atoms with Crippen molar-refractivity contribution in [1.82, 2.24) is 4.90 Å². The molecule has 2 aliphatic rings. The van der Waals surface area contributed by atoms with Gasteiger partial charge in [-0.25, -0.2) is 0 Å². The molecule has 5 rings (SSSR count). The van der Waals surface area contributed by atoms with Crippen LogP contribution in [0.25, 0.3) is 0 Å². The zero-order valence-corrected chi connectivity index (χ0v) is 21.8. The van der Waals surface area contributed by atoms with Crippen LogP contribution in [0.5, 0.6) is 0 Å². The van der Waals surface area contributed by atoms with E-state index in [-0.39, 0.29) is 11.8 Å². The number of aryl methyl sites for hydroxylation is 1. The molecule has 0 aromatic heterocycles. The van der Waals surface area contributed by atoms with Gasteiger partial charge in [0.25, 0.3) is 11.8 Å². The largest absolute Gasteiger partial charge is 0.382 e. The molecule has 7 heteroatoms. The molecule has 2 aliphatic heterocycles. The second-order valence-corrected chi connectivity index (χ2v) is 9.84. The van der Waals surface area contributed by atoms with Crippen LogP contribution in [0.1, 0.15) is 50.2 Å². The third kappa shape index (κ3) is 5.28. The lowest BCUT2D eigenvalue weighted by Gasteiger charge is -2.28. The lowest BCUT2D eigenvalue weighted by atomic mass is 10.00. The van der Waals surface area contributed by atoms with Crippen LogP contribution in [-0.2, 0) is 28.9 Å². The van der Waals surface area contributed by atoms with Crippen molar-refractivity contribution in [1.29, 1.82) is 0 Å². The van der Waals surface area contributed by atoms with Crippen LogP contribution >= 0.6 is 11.6 Å². The quantitative estimate of drug-likeness (QED) is 0.250. The number of unbranched alkanes of at least 4 members (excludes halogenated alkanes) is 1. The average molecular weight is 519 g/mol. The third-order valence-electron chi connectivity index (χ3n) is 7.10. The Balaban J connectivity index is 1.33. The molecule has 2 amide bonds. The Kier molecular flexibility index (Phi) is 7.89. The first-order valence-electron chi connectivity index (χ1n) is 12.8. The summed E-state index contributed by atoms with van der Waals surface area (Å²) >= 11 is 6.44. The molecule has 3 aromatic carbocycles. The molecule has 3 aromatic rings. The highest BCUT2D eigenvalue weighted by Gasteiger charge is 2.34. The molecule has 0 fully saturated rings. The van der Waals surface area contributed by atoms with Gasteiger partial charge >= 0.3 is 0 Å². The zero-order chi connectivity index (χ0) is 25.8. The Morgan fingerprint density at radius 1 is 0.811 bits per heavy atom. The molecule has 0 saturated carbocycles. The van der Waals surface area contributed by atoms with Gasteiger partial charge < -0.3 is 14.4 Å². The number of ether oxygens (including phenoxy) is 2. The maximum Gasteiger partial charge on any atom is 0.261 e. The van der Waals surface area contributed by atoms with Gasteiger partial charge in [-0.1, -0.05) is 41.9 Å². The second-order valence-electron chi connectivity index (χ2n) is 9.40. The van der Waals surface area contributed by atoms with Crippen LogP contribution in [-0.4, -0.2) is 50.1 Å². The van der Waals surface area contributed by atoms with E-state index in [0.717, 1.165) is 37.2 Å². The molecule has 0 bridgehead atoms. The molecule has 0 aliphatic carbocycles. The van der Waals surface area contributed by atoms with Crippen molar-refractivity contribution in [2.24, 2.45) is 0 Å². The standard InChI is InChI=1S/C30H31ClN2O4/c1-36-17-18-37-20-22-7-6-10-27-24(22)14-12-21-11-13-23(31)19-28(21)32(27)15-4-5-16-33-29(34)25-8-2-3-9-26(25)30(33)35/h2-3,6-11,13,19H,4-5,12,14-18,20H2,1H3. The fourth-order valence-corrected chi connectivity index (χ4v) is 5.40. The maximum atomic E-state index is 12.7. The predicted molar refractivity (Wildman–Crippen MR) is 145 cm³/mol. The number of nitrogens with zero attached hydrogens (tertiary/aromatic N) is 2. The highest BCUT2D eigenvalue weighted by Crippen LogP contribution is 2.39. The molecule has 0 saturated heterocycles. The van der Waals surface area contributed by atoms with Gasteiger partial charge in [-0.15, -0.1) is 0 Å². The van der Waals surface area contributed by atoms with Gasteiger partial charge in [-0.3, -0.25) is 14.5 Å². The number of halogens is 1. The van der Waals surface area contributed by atoms with E-state index in [0.29, 0.717) is 48.9 Å². The number of imide groups is 1. The molecule has 0 atom stereocenters. The Morgan fingerprint density at radius 2 is 1.54 bits per heavy atom. The highest BCUT2D eigenvalue weighted by atomic mass is 35.5. The highest BCUT2D eigenvalue weighted by molar-refractivity contribution is 6.31. The van der Waals surface area contributed by atoms with Gasteiger partial charge in [0.1, 0.15) is 0 Å². The summed E-state index contributed by atoms with van der Waals surface area (Å²) < 4.78 is 11.0. The summed E-state index contributed by atoms with van der Waals surface area (Å²) in [6, 6.07) is 19.5. The van der Waals surface area contributed by atoms with Crippen molar-refractivity contribution in [3.63, 3.8) is 0 Å². The van der Waals surface area contributed by atoms with Gasteiger partial charge in [0, 0.05) is 36.6 Å². The fraction of sp³-hybridized carbons (Fsp3) is 0.333. The Morgan fingerprint density at radius 3 is 2.27 bits per heavy atom. The number of carbonyl (C=O) groups is 2. The summed E-state index contributed by atoms with van der Waals surface area (Å²) in [5, 5.41) is 0.706. The molecular weight excluding hydrogens is 488 g/mol. The minimum absolute atomic E-state index is 0.198. The molecule has 6 nitrogen and oxygen atoms in total. The minimum Gasteiger partial charge on any atom is -0.382 e. The summed E-state index contributed by atoms with van der Waals surface area (Å²) in [5.41, 5.74) is 7.00. The van der Waals surface area contributed by atoms with E-state index in [4.69, 9.17) is 21.1 Å². The molecule has 0 spiro atoms. The third-order valence-corrected chi connectivity index (χ3v) is 7.34. The van der Waals surface area contributed by atoms with Gasteiger partial charge in [0.15, 0.2) is 0 Å².